The van der Waals surface area contributed by atoms with Gasteiger partial charge in [0.15, 0.2) is 11.6 Å². The third-order valence-corrected chi connectivity index (χ3v) is 4.15. The molecule has 1 amide bonds. The molecule has 1 aliphatic heterocycles. The molecule has 0 bridgehead atoms. The topological polar surface area (TPSA) is 121 Å². The van der Waals surface area contributed by atoms with E-state index < -0.39 is 5.60 Å². The fourth-order valence-corrected chi connectivity index (χ4v) is 2.97. The summed E-state index contributed by atoms with van der Waals surface area (Å²) in [6, 6.07) is 0. The number of hydrogen-bond donors (Lipinski definition) is 2. The van der Waals surface area contributed by atoms with Gasteiger partial charge in [-0.25, -0.2) is 14.3 Å². The minimum absolute atomic E-state index is 0.0163. The fourth-order valence-electron chi connectivity index (χ4n) is 2.97. The van der Waals surface area contributed by atoms with Crippen molar-refractivity contribution in [2.45, 2.75) is 39.8 Å². The highest BCUT2D eigenvalue weighted by Gasteiger charge is 2.28. The first kappa shape index (κ1) is 18.9. The zero-order valence-electron chi connectivity index (χ0n) is 16.2. The summed E-state index contributed by atoms with van der Waals surface area (Å²) in [4.78, 5) is 39.2. The summed E-state index contributed by atoms with van der Waals surface area (Å²) in [6.45, 7) is 9.47. The number of aromatic amines is 1. The lowest BCUT2D eigenvalue weighted by Crippen LogP contribution is -2.50. The van der Waals surface area contributed by atoms with Crippen LogP contribution >= 0.6 is 0 Å². The monoisotopic (exact) mass is 376 g/mol. The van der Waals surface area contributed by atoms with Gasteiger partial charge >= 0.3 is 6.09 Å². The van der Waals surface area contributed by atoms with Gasteiger partial charge in [-0.05, 0) is 27.7 Å². The van der Waals surface area contributed by atoms with Crippen molar-refractivity contribution in [3.63, 3.8) is 0 Å². The molecule has 0 radical (unpaired) electrons. The van der Waals surface area contributed by atoms with Crippen molar-refractivity contribution in [1.29, 1.82) is 0 Å². The number of anilines is 2. The predicted octanol–water partition coefficient (Wildman–Crippen LogP) is 0.474. The van der Waals surface area contributed by atoms with Crippen LogP contribution in [0.2, 0.25) is 0 Å². The number of hydrogen-bond acceptors (Lipinski definition) is 7. The number of piperazine rings is 1. The van der Waals surface area contributed by atoms with Crippen LogP contribution in [0, 0.1) is 0 Å². The molecule has 10 nitrogen and oxygen atoms in total. The van der Waals surface area contributed by atoms with Gasteiger partial charge in [-0.15, -0.1) is 0 Å². The van der Waals surface area contributed by atoms with Crippen LogP contribution in [0.5, 0.6) is 0 Å². The first-order valence-corrected chi connectivity index (χ1v) is 8.90. The largest absolute Gasteiger partial charge is 0.444 e. The number of nitrogens with two attached hydrogens (primary N) is 1. The summed E-state index contributed by atoms with van der Waals surface area (Å²) in [7, 11) is 0. The van der Waals surface area contributed by atoms with Gasteiger partial charge in [0.2, 0.25) is 17.8 Å². The van der Waals surface area contributed by atoms with Crippen molar-refractivity contribution >= 4 is 34.8 Å². The van der Waals surface area contributed by atoms with Gasteiger partial charge < -0.3 is 20.3 Å². The Bertz CT molecular complexity index is 863. The number of Topliss-reactive ketones (excluding diaryl/α,β-unsaturated/α-hetero) is 1. The van der Waals surface area contributed by atoms with E-state index in [0.717, 1.165) is 0 Å². The van der Waals surface area contributed by atoms with Crippen LogP contribution in [0.15, 0.2) is 6.33 Å². The van der Waals surface area contributed by atoms with Crippen LogP contribution in [-0.2, 0) is 16.1 Å². The SMILES string of the molecule is CC(=O)C[n+]1c[nH]c2nc(N3CCN(C(=O)OC(C)(C)C)CC3)nc(N)c21. The van der Waals surface area contributed by atoms with E-state index in [4.69, 9.17) is 10.5 Å². The van der Waals surface area contributed by atoms with E-state index in [1.165, 1.54) is 6.92 Å². The highest BCUT2D eigenvalue weighted by atomic mass is 16.6. The zero-order chi connectivity index (χ0) is 19.8. The fraction of sp³-hybridized carbons (Fsp3) is 0.588. The molecule has 0 spiro atoms. The quantitative estimate of drug-likeness (QED) is 0.747. The second kappa shape index (κ2) is 7.01. The van der Waals surface area contributed by atoms with E-state index in [9.17, 15) is 9.59 Å². The predicted molar refractivity (Wildman–Crippen MR) is 99.2 cm³/mol. The van der Waals surface area contributed by atoms with Gasteiger partial charge in [0.05, 0.1) is 0 Å². The molecule has 2 aromatic heterocycles. The van der Waals surface area contributed by atoms with Crippen molar-refractivity contribution < 1.29 is 18.9 Å². The maximum atomic E-state index is 12.2. The normalized spacial score (nSPS) is 15.3. The lowest BCUT2D eigenvalue weighted by Gasteiger charge is -2.35. The molecule has 27 heavy (non-hydrogen) atoms. The number of nitrogens with zero attached hydrogens (tertiary/aromatic N) is 5. The second-order valence-electron chi connectivity index (χ2n) is 7.66. The number of ether oxygens (including phenoxy) is 1. The summed E-state index contributed by atoms with van der Waals surface area (Å²) >= 11 is 0. The Balaban J connectivity index is 1.72. The van der Waals surface area contributed by atoms with Gasteiger partial charge in [-0.2, -0.15) is 9.97 Å². The van der Waals surface area contributed by atoms with Crippen molar-refractivity contribution in [2.75, 3.05) is 36.8 Å². The van der Waals surface area contributed by atoms with Crippen LogP contribution in [0.1, 0.15) is 27.7 Å². The number of carbonyl (C=O) groups excluding carboxylic acids is 2. The molecule has 1 saturated heterocycles. The van der Waals surface area contributed by atoms with E-state index >= 15 is 0 Å². The maximum Gasteiger partial charge on any atom is 0.410 e. The molecule has 3 rings (SSSR count). The van der Waals surface area contributed by atoms with Crippen LogP contribution in [0.3, 0.4) is 0 Å². The van der Waals surface area contributed by atoms with Crippen LogP contribution in [-0.4, -0.2) is 63.5 Å². The summed E-state index contributed by atoms with van der Waals surface area (Å²) in [5.74, 6) is 0.829. The Morgan fingerprint density at radius 2 is 1.93 bits per heavy atom. The van der Waals surface area contributed by atoms with Crippen molar-refractivity contribution in [3.8, 4) is 0 Å². The van der Waals surface area contributed by atoms with Crippen LogP contribution < -0.4 is 15.2 Å². The minimum Gasteiger partial charge on any atom is -0.444 e. The molecule has 0 atom stereocenters. The number of imidazole rings is 1. The molecule has 1 fully saturated rings. The maximum absolute atomic E-state index is 12.2. The summed E-state index contributed by atoms with van der Waals surface area (Å²) in [5, 5.41) is 0. The molecule has 1 aliphatic rings. The third kappa shape index (κ3) is 4.26. The van der Waals surface area contributed by atoms with Gasteiger partial charge in [-0.3, -0.25) is 4.79 Å². The highest BCUT2D eigenvalue weighted by Crippen LogP contribution is 2.19. The van der Waals surface area contributed by atoms with Gasteiger partial charge in [0.25, 0.3) is 5.65 Å². The van der Waals surface area contributed by atoms with Crippen molar-refractivity contribution in [2.24, 2.45) is 0 Å². The number of nitrogens with one attached hydrogen (secondary N) is 1. The lowest BCUT2D eigenvalue weighted by atomic mass is 10.2. The first-order valence-electron chi connectivity index (χ1n) is 8.90. The van der Waals surface area contributed by atoms with Gasteiger partial charge in [0, 0.05) is 26.2 Å². The first-order chi connectivity index (χ1) is 12.6. The van der Waals surface area contributed by atoms with Crippen LogP contribution in [0.4, 0.5) is 16.6 Å². The number of aromatic nitrogens is 4. The summed E-state index contributed by atoms with van der Waals surface area (Å²) in [6.07, 6.45) is 1.36. The Morgan fingerprint density at radius 1 is 1.26 bits per heavy atom. The number of ketones is 1. The molecule has 3 heterocycles. The summed E-state index contributed by atoms with van der Waals surface area (Å²) in [5.41, 5.74) is 6.79. The zero-order valence-corrected chi connectivity index (χ0v) is 16.2. The number of fused-ring (bicyclic) bond motifs is 1. The lowest BCUT2D eigenvalue weighted by molar-refractivity contribution is -0.657. The van der Waals surface area contributed by atoms with E-state index in [0.29, 0.717) is 49.1 Å². The number of nitrogen functional groups attached to an aromatic ring is 1. The highest BCUT2D eigenvalue weighted by molar-refractivity contribution is 5.80. The number of amides is 1. The van der Waals surface area contributed by atoms with E-state index in [1.54, 1.807) is 15.8 Å². The minimum atomic E-state index is -0.514. The smallest absolute Gasteiger partial charge is 0.410 e. The molecule has 10 heteroatoms. The van der Waals surface area contributed by atoms with Gasteiger partial charge in [0.1, 0.15) is 12.1 Å². The molecule has 0 saturated carbocycles. The Kier molecular flexibility index (Phi) is 4.90. The Labute approximate surface area is 157 Å². The Hall–Kier alpha value is -2.91. The molecule has 2 aromatic rings. The number of H-pyrrole nitrogens is 1. The van der Waals surface area contributed by atoms with Crippen LogP contribution in [0.25, 0.3) is 11.2 Å². The average Bonchev–Trinajstić information content (AvgIpc) is 2.96. The van der Waals surface area contributed by atoms with E-state index in [2.05, 4.69) is 15.0 Å². The van der Waals surface area contributed by atoms with Crippen molar-refractivity contribution in [1.82, 2.24) is 19.9 Å². The average molecular weight is 376 g/mol. The van der Waals surface area contributed by atoms with Gasteiger partial charge in [-0.1, -0.05) is 0 Å². The molecule has 3 N–H and O–H groups in total. The van der Waals surface area contributed by atoms with Crippen molar-refractivity contribution in [3.05, 3.63) is 6.33 Å². The number of rotatable bonds is 3. The summed E-state index contributed by atoms with van der Waals surface area (Å²) < 4.78 is 7.12. The molecule has 0 aliphatic carbocycles. The molecular weight excluding hydrogens is 350 g/mol. The van der Waals surface area contributed by atoms with E-state index in [-0.39, 0.29) is 18.4 Å². The van der Waals surface area contributed by atoms with E-state index in [1.807, 2.05) is 25.7 Å². The molecular formula is C17H26N7O3+. The molecule has 0 aromatic carbocycles. The molecule has 0 unspecified atom stereocenters. The standard InChI is InChI=1S/C17H25N7O3/c1-11(25)9-24-10-19-14-12(24)13(18)20-15(21-14)22-5-7-23(8-6-22)16(26)27-17(2,3)4/h10H,5-9H2,1-4H3,(H2,18,20,21)/p+1. The third-order valence-electron chi connectivity index (χ3n) is 4.15. The molecule has 146 valence electrons. The Morgan fingerprint density at radius 3 is 2.52 bits per heavy atom. The number of carbonyl (C=O) groups is 2. The second-order valence-corrected chi connectivity index (χ2v) is 7.66.